The lowest BCUT2D eigenvalue weighted by Crippen LogP contribution is -2.54. The van der Waals surface area contributed by atoms with Crippen molar-refractivity contribution in [1.29, 1.82) is 0 Å². The first-order chi connectivity index (χ1) is 9.69. The maximum absolute atomic E-state index is 13.3. The highest BCUT2D eigenvalue weighted by Crippen LogP contribution is 2.53. The first kappa shape index (κ1) is 13.3. The Balaban J connectivity index is 1.43. The highest BCUT2D eigenvalue weighted by Gasteiger charge is 2.47. The number of hydrogen-bond donors (Lipinski definition) is 1. The molecule has 1 aromatic rings. The molecule has 3 heteroatoms. The summed E-state index contributed by atoms with van der Waals surface area (Å²) < 4.78 is 13.8. The van der Waals surface area contributed by atoms with Crippen LogP contribution in [0.2, 0.25) is 0 Å². The molecule has 0 saturated heterocycles. The molecule has 0 spiro atoms. The van der Waals surface area contributed by atoms with Gasteiger partial charge in [-0.3, -0.25) is 0 Å². The van der Waals surface area contributed by atoms with Crippen LogP contribution in [0.1, 0.15) is 37.7 Å². The van der Waals surface area contributed by atoms with Crippen molar-refractivity contribution in [2.75, 3.05) is 0 Å². The smallest absolute Gasteiger partial charge is 0.137 e. The van der Waals surface area contributed by atoms with Gasteiger partial charge in [0, 0.05) is 12.6 Å². The summed E-state index contributed by atoms with van der Waals surface area (Å²) in [5.74, 6) is 3.67. The van der Waals surface area contributed by atoms with Gasteiger partial charge in [-0.2, -0.15) is 0 Å². The van der Waals surface area contributed by atoms with Gasteiger partial charge in [-0.05, 0) is 89.4 Å². The van der Waals surface area contributed by atoms with Gasteiger partial charge < -0.3 is 5.32 Å². The molecule has 4 aliphatic rings. The minimum Gasteiger partial charge on any atom is -0.309 e. The number of rotatable bonds is 3. The molecule has 20 heavy (non-hydrogen) atoms. The van der Waals surface area contributed by atoms with E-state index < -0.39 is 0 Å². The van der Waals surface area contributed by atoms with Gasteiger partial charge in [0.25, 0.3) is 0 Å². The van der Waals surface area contributed by atoms with Crippen molar-refractivity contribution in [3.8, 4) is 0 Å². The van der Waals surface area contributed by atoms with Gasteiger partial charge in [-0.1, -0.05) is 6.07 Å². The molecule has 1 N–H and O–H groups in total. The van der Waals surface area contributed by atoms with Gasteiger partial charge in [0.2, 0.25) is 0 Å². The molecular weight excluding hydrogens is 317 g/mol. The van der Waals surface area contributed by atoms with Crippen LogP contribution in [0.5, 0.6) is 0 Å². The number of benzene rings is 1. The molecule has 0 amide bonds. The van der Waals surface area contributed by atoms with Gasteiger partial charge in [0.05, 0.1) is 4.47 Å². The van der Waals surface area contributed by atoms with Crippen LogP contribution in [0.25, 0.3) is 0 Å². The molecule has 0 aromatic heterocycles. The van der Waals surface area contributed by atoms with Crippen molar-refractivity contribution in [3.05, 3.63) is 34.1 Å². The number of hydrogen-bond acceptors (Lipinski definition) is 1. The lowest BCUT2D eigenvalue weighted by atomic mass is 9.54. The van der Waals surface area contributed by atoms with Crippen LogP contribution in [0.15, 0.2) is 22.7 Å². The summed E-state index contributed by atoms with van der Waals surface area (Å²) in [7, 11) is 0. The van der Waals surface area contributed by atoms with Crippen LogP contribution in [-0.2, 0) is 6.54 Å². The Hall–Kier alpha value is -0.410. The second-order valence-electron chi connectivity index (χ2n) is 7.09. The average molecular weight is 338 g/mol. The van der Waals surface area contributed by atoms with Crippen molar-refractivity contribution in [3.63, 3.8) is 0 Å². The van der Waals surface area contributed by atoms with Crippen molar-refractivity contribution in [2.24, 2.45) is 23.7 Å². The predicted octanol–water partition coefficient (Wildman–Crippen LogP) is 4.50. The van der Waals surface area contributed by atoms with Gasteiger partial charge in [0.1, 0.15) is 5.82 Å². The zero-order chi connectivity index (χ0) is 13.7. The second kappa shape index (κ2) is 5.10. The SMILES string of the molecule is Fc1ccc(CNC2C3CC4CC(C3)CC2C4)cc1Br. The third kappa shape index (κ3) is 2.33. The Labute approximate surface area is 128 Å². The zero-order valence-electron chi connectivity index (χ0n) is 11.6. The van der Waals surface area contributed by atoms with Gasteiger partial charge in [-0.25, -0.2) is 4.39 Å². The highest BCUT2D eigenvalue weighted by molar-refractivity contribution is 9.10. The maximum atomic E-state index is 13.3. The lowest BCUT2D eigenvalue weighted by Gasteiger charge is -2.54. The van der Waals surface area contributed by atoms with Crippen molar-refractivity contribution >= 4 is 15.9 Å². The van der Waals surface area contributed by atoms with Crippen LogP contribution < -0.4 is 5.32 Å². The van der Waals surface area contributed by atoms with E-state index in [-0.39, 0.29) is 5.82 Å². The fraction of sp³-hybridized carbons (Fsp3) is 0.647. The van der Waals surface area contributed by atoms with E-state index in [4.69, 9.17) is 0 Å². The maximum Gasteiger partial charge on any atom is 0.137 e. The molecule has 0 radical (unpaired) electrons. The predicted molar refractivity (Wildman–Crippen MR) is 81.8 cm³/mol. The summed E-state index contributed by atoms with van der Waals surface area (Å²) in [6, 6.07) is 6.05. The monoisotopic (exact) mass is 337 g/mol. The number of halogens is 2. The van der Waals surface area contributed by atoms with Crippen LogP contribution >= 0.6 is 15.9 Å². The summed E-state index contributed by atoms with van der Waals surface area (Å²) in [5.41, 5.74) is 1.17. The zero-order valence-corrected chi connectivity index (χ0v) is 13.2. The molecule has 0 atom stereocenters. The fourth-order valence-corrected chi connectivity index (χ4v) is 5.57. The van der Waals surface area contributed by atoms with Crippen LogP contribution in [0.3, 0.4) is 0 Å². The molecule has 0 unspecified atom stereocenters. The minimum absolute atomic E-state index is 0.177. The third-order valence-corrected chi connectivity index (χ3v) is 6.36. The van der Waals surface area contributed by atoms with Gasteiger partial charge >= 0.3 is 0 Å². The standard InChI is InChI=1S/C17H21BrFN/c18-15-8-10(1-2-16(15)19)9-20-17-13-4-11-3-12(6-13)7-14(17)5-11/h1-2,8,11-14,17,20H,3-7,9H2. The molecule has 0 heterocycles. The van der Waals surface area contributed by atoms with E-state index in [2.05, 4.69) is 21.2 Å². The van der Waals surface area contributed by atoms with E-state index in [1.807, 2.05) is 12.1 Å². The van der Waals surface area contributed by atoms with E-state index in [1.165, 1.54) is 37.7 Å². The first-order valence-electron chi connectivity index (χ1n) is 7.86. The summed E-state index contributed by atoms with van der Waals surface area (Å²) in [6.45, 7) is 0.867. The largest absolute Gasteiger partial charge is 0.309 e. The summed E-state index contributed by atoms with van der Waals surface area (Å²) >= 11 is 3.27. The van der Waals surface area contributed by atoms with Crippen molar-refractivity contribution < 1.29 is 4.39 Å². The van der Waals surface area contributed by atoms with Gasteiger partial charge in [-0.15, -0.1) is 0 Å². The molecule has 4 fully saturated rings. The fourth-order valence-electron chi connectivity index (χ4n) is 5.14. The average Bonchev–Trinajstić information content (AvgIpc) is 2.41. The normalized spacial score (nSPS) is 38.4. The summed E-state index contributed by atoms with van der Waals surface area (Å²) in [5, 5.41) is 3.78. The molecule has 108 valence electrons. The highest BCUT2D eigenvalue weighted by atomic mass is 79.9. The van der Waals surface area contributed by atoms with E-state index >= 15 is 0 Å². The Bertz CT molecular complexity index is 488. The third-order valence-electron chi connectivity index (χ3n) is 5.75. The molecule has 4 bridgehead atoms. The quantitative estimate of drug-likeness (QED) is 0.856. The summed E-state index contributed by atoms with van der Waals surface area (Å²) in [4.78, 5) is 0. The van der Waals surface area contributed by atoms with Gasteiger partial charge in [0.15, 0.2) is 0 Å². The topological polar surface area (TPSA) is 12.0 Å². The molecule has 4 saturated carbocycles. The molecule has 4 aliphatic carbocycles. The minimum atomic E-state index is -0.177. The van der Waals surface area contributed by atoms with E-state index in [9.17, 15) is 4.39 Å². The van der Waals surface area contributed by atoms with Crippen molar-refractivity contribution in [2.45, 2.75) is 44.7 Å². The Kier molecular flexibility index (Phi) is 3.38. The van der Waals surface area contributed by atoms with Crippen LogP contribution in [0.4, 0.5) is 4.39 Å². The molecule has 1 nitrogen and oxygen atoms in total. The Morgan fingerprint density at radius 2 is 1.70 bits per heavy atom. The Morgan fingerprint density at radius 1 is 1.05 bits per heavy atom. The lowest BCUT2D eigenvalue weighted by molar-refractivity contribution is -0.0142. The van der Waals surface area contributed by atoms with Crippen LogP contribution in [0, 0.1) is 29.5 Å². The van der Waals surface area contributed by atoms with E-state index in [0.29, 0.717) is 10.5 Å². The van der Waals surface area contributed by atoms with E-state index in [0.717, 1.165) is 30.2 Å². The molecular formula is C17H21BrFN. The summed E-state index contributed by atoms with van der Waals surface area (Å²) in [6.07, 6.45) is 7.27. The second-order valence-corrected chi connectivity index (χ2v) is 7.94. The number of nitrogens with one attached hydrogen (secondary N) is 1. The van der Waals surface area contributed by atoms with Crippen LogP contribution in [-0.4, -0.2) is 6.04 Å². The van der Waals surface area contributed by atoms with Crippen molar-refractivity contribution in [1.82, 2.24) is 5.32 Å². The van der Waals surface area contributed by atoms with E-state index in [1.54, 1.807) is 6.07 Å². The molecule has 1 aromatic carbocycles. The molecule has 0 aliphatic heterocycles. The Morgan fingerprint density at radius 3 is 2.30 bits per heavy atom. The first-order valence-corrected chi connectivity index (χ1v) is 8.65. The molecule has 5 rings (SSSR count).